The van der Waals surface area contributed by atoms with Crippen molar-refractivity contribution in [3.8, 4) is 11.3 Å². The van der Waals surface area contributed by atoms with E-state index in [1.165, 1.54) is 11.8 Å². The van der Waals surface area contributed by atoms with E-state index in [0.717, 1.165) is 0 Å². The Morgan fingerprint density at radius 2 is 2.07 bits per heavy atom. The summed E-state index contributed by atoms with van der Waals surface area (Å²) in [7, 11) is 0. The molecular weight excluding hydrogens is 429 g/mol. The van der Waals surface area contributed by atoms with Crippen molar-refractivity contribution < 1.29 is 9.21 Å². The first-order chi connectivity index (χ1) is 14.0. The van der Waals surface area contributed by atoms with Crippen LogP contribution in [0.5, 0.6) is 0 Å². The molecule has 5 nitrogen and oxygen atoms in total. The smallest absolute Gasteiger partial charge is 0.266 e. The van der Waals surface area contributed by atoms with Crippen molar-refractivity contribution >= 4 is 57.9 Å². The van der Waals surface area contributed by atoms with Crippen molar-refractivity contribution in [1.82, 2.24) is 9.88 Å². The lowest BCUT2D eigenvalue weighted by Crippen LogP contribution is -2.28. The number of aromatic nitrogens is 1. The highest BCUT2D eigenvalue weighted by atomic mass is 35.5. The third kappa shape index (κ3) is 4.24. The first-order valence-electron chi connectivity index (χ1n) is 8.81. The minimum Gasteiger partial charge on any atom is -0.457 e. The standard InChI is InChI=1S/C21H15Cl2N3O2S/c1-2-26-20(27)18(29-21(26)25-19-5-3-4-10-24-19)12-14-7-9-17(28-14)15-11-13(22)6-8-16(15)23/h3-12H,2H2,1H3/b18-12+,25-21+. The number of thioether (sulfide) groups is 1. The van der Waals surface area contributed by atoms with Gasteiger partial charge in [0.05, 0.1) is 9.93 Å². The summed E-state index contributed by atoms with van der Waals surface area (Å²) >= 11 is 13.6. The zero-order chi connectivity index (χ0) is 20.4. The molecule has 3 aromatic rings. The molecule has 1 aromatic carbocycles. The van der Waals surface area contributed by atoms with Crippen LogP contribution in [-0.4, -0.2) is 27.5 Å². The number of rotatable bonds is 4. The summed E-state index contributed by atoms with van der Waals surface area (Å²) < 4.78 is 5.88. The molecule has 146 valence electrons. The molecule has 0 aliphatic carbocycles. The Morgan fingerprint density at radius 3 is 2.83 bits per heavy atom. The van der Waals surface area contributed by atoms with Crippen LogP contribution in [0.3, 0.4) is 0 Å². The number of hydrogen-bond acceptors (Lipinski definition) is 5. The Balaban J connectivity index is 1.63. The summed E-state index contributed by atoms with van der Waals surface area (Å²) in [5.74, 6) is 1.56. The molecule has 1 aliphatic rings. The molecule has 0 saturated carbocycles. The normalized spacial score (nSPS) is 16.9. The van der Waals surface area contributed by atoms with E-state index in [1.807, 2.05) is 19.1 Å². The predicted octanol–water partition coefficient (Wildman–Crippen LogP) is 6.27. The average Bonchev–Trinajstić information content (AvgIpc) is 3.29. The fourth-order valence-electron chi connectivity index (χ4n) is 2.78. The highest BCUT2D eigenvalue weighted by molar-refractivity contribution is 8.18. The number of hydrogen-bond donors (Lipinski definition) is 0. The molecule has 4 rings (SSSR count). The number of carbonyl (C=O) groups is 1. The lowest BCUT2D eigenvalue weighted by Gasteiger charge is -2.11. The van der Waals surface area contributed by atoms with Crippen molar-refractivity contribution in [3.05, 3.63) is 75.4 Å². The molecule has 2 aromatic heterocycles. The average molecular weight is 444 g/mol. The van der Waals surface area contributed by atoms with Crippen LogP contribution >= 0.6 is 35.0 Å². The molecule has 1 fully saturated rings. The molecule has 0 radical (unpaired) electrons. The van der Waals surface area contributed by atoms with Crippen molar-refractivity contribution in [2.75, 3.05) is 6.54 Å². The van der Waals surface area contributed by atoms with E-state index in [4.69, 9.17) is 27.6 Å². The van der Waals surface area contributed by atoms with Crippen LogP contribution < -0.4 is 0 Å². The van der Waals surface area contributed by atoms with Gasteiger partial charge in [-0.05, 0) is 61.2 Å². The second-order valence-electron chi connectivity index (χ2n) is 6.07. The van der Waals surface area contributed by atoms with E-state index < -0.39 is 0 Å². The maximum absolute atomic E-state index is 12.8. The molecule has 1 saturated heterocycles. The monoisotopic (exact) mass is 443 g/mol. The number of nitrogens with zero attached hydrogens (tertiary/aromatic N) is 3. The molecular formula is C21H15Cl2N3O2S. The van der Waals surface area contributed by atoms with Crippen LogP contribution in [0.2, 0.25) is 10.0 Å². The lowest BCUT2D eigenvalue weighted by molar-refractivity contribution is -0.122. The van der Waals surface area contributed by atoms with Gasteiger partial charge in [0.2, 0.25) is 0 Å². The van der Waals surface area contributed by atoms with Crippen LogP contribution in [0.15, 0.2) is 69.0 Å². The quantitative estimate of drug-likeness (QED) is 0.445. The zero-order valence-corrected chi connectivity index (χ0v) is 17.6. The fraction of sp³-hybridized carbons (Fsp3) is 0.0952. The van der Waals surface area contributed by atoms with E-state index >= 15 is 0 Å². The van der Waals surface area contributed by atoms with E-state index in [9.17, 15) is 4.79 Å². The minimum absolute atomic E-state index is 0.120. The molecule has 0 bridgehead atoms. The van der Waals surface area contributed by atoms with Gasteiger partial charge >= 0.3 is 0 Å². The van der Waals surface area contributed by atoms with Crippen LogP contribution in [-0.2, 0) is 4.79 Å². The fourth-order valence-corrected chi connectivity index (χ4v) is 4.19. The Labute approximate surface area is 182 Å². The summed E-state index contributed by atoms with van der Waals surface area (Å²) in [5.41, 5.74) is 0.696. The molecule has 1 amide bonds. The molecule has 1 aliphatic heterocycles. The zero-order valence-electron chi connectivity index (χ0n) is 15.3. The molecule has 0 atom stereocenters. The first-order valence-corrected chi connectivity index (χ1v) is 10.4. The minimum atomic E-state index is -0.120. The second-order valence-corrected chi connectivity index (χ2v) is 7.92. The van der Waals surface area contributed by atoms with Crippen LogP contribution in [0.25, 0.3) is 17.4 Å². The summed E-state index contributed by atoms with van der Waals surface area (Å²) in [5, 5.41) is 1.69. The van der Waals surface area contributed by atoms with Gasteiger partial charge in [0.15, 0.2) is 11.0 Å². The Hall–Kier alpha value is -2.54. The lowest BCUT2D eigenvalue weighted by atomic mass is 10.2. The van der Waals surface area contributed by atoms with Gasteiger partial charge in [-0.25, -0.2) is 9.98 Å². The molecule has 8 heteroatoms. The number of amides is 1. The van der Waals surface area contributed by atoms with E-state index in [2.05, 4.69) is 9.98 Å². The number of amidine groups is 1. The van der Waals surface area contributed by atoms with Crippen molar-refractivity contribution in [3.63, 3.8) is 0 Å². The van der Waals surface area contributed by atoms with Gasteiger partial charge in [-0.3, -0.25) is 9.69 Å². The number of aliphatic imine (C=N–C) groups is 1. The SMILES string of the molecule is CCN1C(=O)/C(=C\c2ccc(-c3cc(Cl)ccc3Cl)o2)S/C1=N/c1ccccn1. The third-order valence-corrected chi connectivity index (χ3v) is 5.73. The molecule has 3 heterocycles. The maximum atomic E-state index is 12.8. The van der Waals surface area contributed by atoms with E-state index in [1.54, 1.807) is 53.6 Å². The highest BCUT2D eigenvalue weighted by Crippen LogP contribution is 2.36. The molecule has 0 spiro atoms. The van der Waals surface area contributed by atoms with Crippen LogP contribution in [0.1, 0.15) is 12.7 Å². The maximum Gasteiger partial charge on any atom is 0.266 e. The number of likely N-dealkylation sites (N-methyl/N-ethyl adjacent to an activating group) is 1. The first kappa shape index (κ1) is 19.8. The third-order valence-electron chi connectivity index (χ3n) is 4.16. The second kappa shape index (κ2) is 8.45. The Morgan fingerprint density at radius 1 is 1.21 bits per heavy atom. The number of halogens is 2. The van der Waals surface area contributed by atoms with E-state index in [-0.39, 0.29) is 5.91 Å². The predicted molar refractivity (Wildman–Crippen MR) is 118 cm³/mol. The van der Waals surface area contributed by atoms with Crippen molar-refractivity contribution in [2.24, 2.45) is 4.99 Å². The Bertz CT molecular complexity index is 1130. The summed E-state index contributed by atoms with van der Waals surface area (Å²) in [6.07, 6.45) is 3.37. The Kier molecular flexibility index (Phi) is 5.76. The number of carbonyl (C=O) groups excluding carboxylic acids is 1. The number of furan rings is 1. The summed E-state index contributed by atoms with van der Waals surface area (Å²) in [4.78, 5) is 23.6. The number of pyridine rings is 1. The van der Waals surface area contributed by atoms with Crippen LogP contribution in [0, 0.1) is 0 Å². The van der Waals surface area contributed by atoms with Crippen LogP contribution in [0.4, 0.5) is 5.82 Å². The van der Waals surface area contributed by atoms with Gasteiger partial charge in [0.25, 0.3) is 5.91 Å². The molecule has 0 N–H and O–H groups in total. The van der Waals surface area contributed by atoms with Gasteiger partial charge in [-0.15, -0.1) is 0 Å². The van der Waals surface area contributed by atoms with Gasteiger partial charge in [-0.1, -0.05) is 29.3 Å². The van der Waals surface area contributed by atoms with Gasteiger partial charge in [0, 0.05) is 29.4 Å². The van der Waals surface area contributed by atoms with Crippen molar-refractivity contribution in [2.45, 2.75) is 6.92 Å². The van der Waals surface area contributed by atoms with Gasteiger partial charge < -0.3 is 4.42 Å². The van der Waals surface area contributed by atoms with Gasteiger partial charge in [-0.2, -0.15) is 0 Å². The molecule has 0 unspecified atom stereocenters. The largest absolute Gasteiger partial charge is 0.457 e. The summed E-state index contributed by atoms with van der Waals surface area (Å²) in [6.45, 7) is 2.41. The number of benzene rings is 1. The summed E-state index contributed by atoms with van der Waals surface area (Å²) in [6, 6.07) is 14.2. The van der Waals surface area contributed by atoms with Crippen molar-refractivity contribution in [1.29, 1.82) is 0 Å². The highest BCUT2D eigenvalue weighted by Gasteiger charge is 2.32. The molecule has 29 heavy (non-hydrogen) atoms. The van der Waals surface area contributed by atoms with E-state index in [0.29, 0.717) is 49.6 Å². The van der Waals surface area contributed by atoms with Gasteiger partial charge in [0.1, 0.15) is 11.5 Å². The topological polar surface area (TPSA) is 58.7 Å².